The zero-order valence-corrected chi connectivity index (χ0v) is 27.5. The van der Waals surface area contributed by atoms with Crippen molar-refractivity contribution in [1.29, 1.82) is 5.26 Å². The number of aryl methyl sites for hydroxylation is 1. The third kappa shape index (κ3) is 10.3. The summed E-state index contributed by atoms with van der Waals surface area (Å²) >= 11 is 0.162. The summed E-state index contributed by atoms with van der Waals surface area (Å²) in [5.41, 5.74) is 5.92. The van der Waals surface area contributed by atoms with Crippen LogP contribution in [-0.4, -0.2) is 42.8 Å². The highest BCUT2D eigenvalue weighted by atomic mass is 32.2. The first kappa shape index (κ1) is 36.3. The lowest BCUT2D eigenvalue weighted by atomic mass is 9.99. The van der Waals surface area contributed by atoms with E-state index >= 15 is 0 Å². The summed E-state index contributed by atoms with van der Waals surface area (Å²) in [6, 6.07) is 18.3. The first-order valence-corrected chi connectivity index (χ1v) is 15.3. The zero-order chi connectivity index (χ0) is 31.7. The minimum Gasteiger partial charge on any atom is -0.375 e. The number of rotatable bonds is 10. The van der Waals surface area contributed by atoms with Crippen LogP contribution in [0.2, 0.25) is 0 Å². The van der Waals surface area contributed by atoms with E-state index in [2.05, 4.69) is 43.3 Å². The number of likely N-dealkylation sites (N-methyl/N-ethyl adjacent to an activating group) is 1. The van der Waals surface area contributed by atoms with Crippen molar-refractivity contribution in [3.05, 3.63) is 107 Å². The van der Waals surface area contributed by atoms with E-state index in [1.54, 1.807) is 0 Å². The second-order valence-electron chi connectivity index (χ2n) is 9.70. The number of hydrogen-bond donors (Lipinski definition) is 1. The number of amidine groups is 1. The molecular formula is C35H48FN5S. The van der Waals surface area contributed by atoms with Crippen molar-refractivity contribution in [2.24, 2.45) is 4.99 Å². The number of nitrogens with zero attached hydrogens (tertiary/aromatic N) is 4. The highest BCUT2D eigenvalue weighted by Gasteiger charge is 2.23. The van der Waals surface area contributed by atoms with Crippen LogP contribution in [0.15, 0.2) is 89.6 Å². The molecule has 1 N–H and O–H groups in total. The van der Waals surface area contributed by atoms with Crippen molar-refractivity contribution < 1.29 is 3.89 Å². The van der Waals surface area contributed by atoms with Crippen LogP contribution in [0.4, 0.5) is 3.89 Å². The topological polar surface area (TPSA) is 54.7 Å². The van der Waals surface area contributed by atoms with Gasteiger partial charge in [-0.05, 0) is 49.1 Å². The molecule has 0 saturated heterocycles. The van der Waals surface area contributed by atoms with Gasteiger partial charge in [0.25, 0.3) is 0 Å². The maximum atomic E-state index is 13.7. The Morgan fingerprint density at radius 2 is 1.88 bits per heavy atom. The minimum atomic E-state index is -0.162. The molecule has 3 rings (SSSR count). The smallest absolute Gasteiger partial charge is 0.130 e. The lowest BCUT2D eigenvalue weighted by Crippen LogP contribution is -2.38. The van der Waals surface area contributed by atoms with E-state index < -0.39 is 0 Å². The van der Waals surface area contributed by atoms with Gasteiger partial charge in [-0.15, -0.1) is 0 Å². The van der Waals surface area contributed by atoms with E-state index in [-0.39, 0.29) is 18.1 Å². The van der Waals surface area contributed by atoms with E-state index in [0.29, 0.717) is 17.3 Å². The highest BCUT2D eigenvalue weighted by Crippen LogP contribution is 2.29. The number of aliphatic imine (C=N–C) groups is 1. The number of nitriles is 1. The molecule has 1 aliphatic heterocycles. The summed E-state index contributed by atoms with van der Waals surface area (Å²) in [7, 11) is 3.88. The van der Waals surface area contributed by atoms with Gasteiger partial charge in [-0.3, -0.25) is 4.99 Å². The standard InChI is InChI=1S/C30H34FN5S.C3H8.C2H6/c1-7-28(37-31)30-34-27(26-15-9-8-12-21(26)2)19-29(36(30)6)33-16-11-17-35(5)23(4)25-14-10-13-24(18-25)22(3)20-32;1-3-2;1-2/h7-10,12-15,18-19,22,34H,1,4,11,16-17H2,2-3,5-6H3;3H2,1-2H3;1-2H3/b30-28+,33-29?;;. The molecule has 0 aliphatic carbocycles. The van der Waals surface area contributed by atoms with Crippen LogP contribution in [0.5, 0.6) is 0 Å². The molecule has 0 bridgehead atoms. The lowest BCUT2D eigenvalue weighted by Gasteiger charge is -2.31. The van der Waals surface area contributed by atoms with Crippen LogP contribution >= 0.6 is 12.1 Å². The van der Waals surface area contributed by atoms with Gasteiger partial charge in [-0.25, -0.2) is 0 Å². The molecule has 226 valence electrons. The van der Waals surface area contributed by atoms with Crippen LogP contribution in [0.3, 0.4) is 0 Å². The van der Waals surface area contributed by atoms with E-state index in [9.17, 15) is 9.15 Å². The van der Waals surface area contributed by atoms with E-state index in [1.807, 2.05) is 101 Å². The average molecular weight is 590 g/mol. The summed E-state index contributed by atoms with van der Waals surface area (Å²) in [6.07, 6.45) is 5.57. The Labute approximate surface area is 258 Å². The Morgan fingerprint density at radius 1 is 1.21 bits per heavy atom. The van der Waals surface area contributed by atoms with Crippen LogP contribution < -0.4 is 5.32 Å². The highest BCUT2D eigenvalue weighted by molar-refractivity contribution is 7.98. The number of hydrogen-bond acceptors (Lipinski definition) is 5. The van der Waals surface area contributed by atoms with Gasteiger partial charge in [0.2, 0.25) is 0 Å². The number of nitrogens with one attached hydrogen (secondary N) is 1. The third-order valence-electron chi connectivity index (χ3n) is 6.44. The summed E-state index contributed by atoms with van der Waals surface area (Å²) in [4.78, 5) is 9.22. The normalized spacial score (nSPS) is 15.0. The maximum Gasteiger partial charge on any atom is 0.130 e. The summed E-state index contributed by atoms with van der Waals surface area (Å²) in [5.74, 6) is 1.20. The molecule has 1 heterocycles. The molecule has 1 atom stereocenters. The molecule has 0 amide bonds. The molecule has 42 heavy (non-hydrogen) atoms. The van der Waals surface area contributed by atoms with Gasteiger partial charge in [-0.2, -0.15) is 9.15 Å². The zero-order valence-electron chi connectivity index (χ0n) is 26.7. The Kier molecular flexibility index (Phi) is 16.7. The molecule has 5 nitrogen and oxygen atoms in total. The van der Waals surface area contributed by atoms with Gasteiger partial charge in [0.1, 0.15) is 11.7 Å². The molecular weight excluding hydrogens is 541 g/mol. The van der Waals surface area contributed by atoms with Crippen molar-refractivity contribution >= 4 is 29.4 Å². The maximum absolute atomic E-state index is 13.7. The Balaban J connectivity index is 0.00000165. The first-order chi connectivity index (χ1) is 20.2. The summed E-state index contributed by atoms with van der Waals surface area (Å²) in [5, 5.41) is 12.6. The van der Waals surface area contributed by atoms with Crippen molar-refractivity contribution in [2.45, 2.75) is 60.3 Å². The molecule has 0 fully saturated rings. The van der Waals surface area contributed by atoms with Gasteiger partial charge >= 0.3 is 0 Å². The minimum absolute atomic E-state index is 0.162. The van der Waals surface area contributed by atoms with Gasteiger partial charge in [0, 0.05) is 44.5 Å². The molecule has 0 radical (unpaired) electrons. The van der Waals surface area contributed by atoms with Crippen molar-refractivity contribution in [3.63, 3.8) is 0 Å². The Morgan fingerprint density at radius 3 is 2.48 bits per heavy atom. The van der Waals surface area contributed by atoms with Crippen LogP contribution in [0.1, 0.15) is 75.6 Å². The van der Waals surface area contributed by atoms with Crippen LogP contribution in [-0.2, 0) is 0 Å². The van der Waals surface area contributed by atoms with Gasteiger partial charge in [-0.1, -0.05) is 89.7 Å². The number of halogens is 1. The Hall–Kier alpha value is -3.76. The fraction of sp³-hybridized carbons (Fsp3) is 0.371. The Bertz CT molecular complexity index is 1300. The van der Waals surface area contributed by atoms with Gasteiger partial charge in [0.15, 0.2) is 0 Å². The molecule has 0 aromatic heterocycles. The fourth-order valence-corrected chi connectivity index (χ4v) is 4.39. The largest absolute Gasteiger partial charge is 0.375 e. The molecule has 7 heteroatoms. The number of benzene rings is 2. The predicted molar refractivity (Wildman–Crippen MR) is 182 cm³/mol. The molecule has 0 spiro atoms. The molecule has 2 aromatic rings. The van der Waals surface area contributed by atoms with Gasteiger partial charge in [0.05, 0.1) is 34.7 Å². The lowest BCUT2D eigenvalue weighted by molar-refractivity contribution is 0.469. The average Bonchev–Trinajstić information content (AvgIpc) is 3.02. The van der Waals surface area contributed by atoms with E-state index in [4.69, 9.17) is 4.99 Å². The van der Waals surface area contributed by atoms with Crippen LogP contribution in [0, 0.1) is 18.3 Å². The molecule has 0 saturated carbocycles. The predicted octanol–water partition coefficient (Wildman–Crippen LogP) is 9.30. The van der Waals surface area contributed by atoms with Crippen molar-refractivity contribution in [2.75, 3.05) is 27.2 Å². The fourth-order valence-electron chi connectivity index (χ4n) is 4.07. The number of allylic oxidation sites excluding steroid dienone is 1. The first-order valence-electron chi connectivity index (χ1n) is 14.6. The van der Waals surface area contributed by atoms with E-state index in [0.717, 1.165) is 52.4 Å². The summed E-state index contributed by atoms with van der Waals surface area (Å²) in [6.45, 7) is 21.6. The molecule has 2 aromatic carbocycles. The third-order valence-corrected chi connectivity index (χ3v) is 6.97. The van der Waals surface area contributed by atoms with Crippen LogP contribution in [0.25, 0.3) is 11.4 Å². The van der Waals surface area contributed by atoms with Crippen molar-refractivity contribution in [1.82, 2.24) is 15.1 Å². The monoisotopic (exact) mass is 589 g/mol. The van der Waals surface area contributed by atoms with E-state index in [1.165, 1.54) is 12.5 Å². The molecule has 1 unspecified atom stereocenters. The van der Waals surface area contributed by atoms with Crippen molar-refractivity contribution in [3.8, 4) is 6.07 Å². The SMILES string of the molecule is C=C/C(SF)=C1/NC(c2ccccc2C)=CC(=NCCCN(C)C(=C)c2cccc(C(C)C#N)c2)N1C.CC.CCC. The summed E-state index contributed by atoms with van der Waals surface area (Å²) < 4.78 is 13.7. The second-order valence-corrected chi connectivity index (χ2v) is 10.3. The quantitative estimate of drug-likeness (QED) is 0.280. The van der Waals surface area contributed by atoms with Gasteiger partial charge < -0.3 is 15.1 Å². The molecule has 1 aliphatic rings. The second kappa shape index (κ2) is 19.4.